The highest BCUT2D eigenvalue weighted by atomic mass is 16.1. The van der Waals surface area contributed by atoms with E-state index in [1.54, 1.807) is 18.3 Å². The zero-order valence-electron chi connectivity index (χ0n) is 9.07. The van der Waals surface area contributed by atoms with Crippen LogP contribution in [0.1, 0.15) is 6.42 Å². The maximum atomic E-state index is 11.2. The van der Waals surface area contributed by atoms with Crippen molar-refractivity contribution in [3.8, 4) is 0 Å². The van der Waals surface area contributed by atoms with Gasteiger partial charge in [0.05, 0.1) is 11.9 Å². The van der Waals surface area contributed by atoms with Gasteiger partial charge in [-0.1, -0.05) is 6.08 Å². The fraction of sp³-hybridized carbons (Fsp3) is 0.273. The zero-order chi connectivity index (χ0) is 11.8. The van der Waals surface area contributed by atoms with Gasteiger partial charge in [-0.05, 0) is 12.1 Å². The Labute approximate surface area is 94.8 Å². The second kappa shape index (κ2) is 6.58. The van der Waals surface area contributed by atoms with Gasteiger partial charge in [0.2, 0.25) is 5.91 Å². The first-order valence-electron chi connectivity index (χ1n) is 5.07. The summed E-state index contributed by atoms with van der Waals surface area (Å²) < 4.78 is 0. The molecule has 0 aliphatic rings. The fourth-order valence-electron chi connectivity index (χ4n) is 1.10. The molecular formula is C11H16N4O. The Morgan fingerprint density at radius 2 is 2.38 bits per heavy atom. The van der Waals surface area contributed by atoms with Crippen LogP contribution in [0.2, 0.25) is 0 Å². The smallest absolute Gasteiger partial charge is 0.226 e. The molecule has 4 N–H and O–H groups in total. The summed E-state index contributed by atoms with van der Waals surface area (Å²) in [5.41, 5.74) is 6.15. The lowest BCUT2D eigenvalue weighted by atomic mass is 10.3. The summed E-state index contributed by atoms with van der Waals surface area (Å²) in [4.78, 5) is 15.3. The molecule has 0 aromatic carbocycles. The minimum absolute atomic E-state index is 0.123. The second-order valence-electron chi connectivity index (χ2n) is 3.19. The molecule has 1 aromatic rings. The van der Waals surface area contributed by atoms with Crippen molar-refractivity contribution in [1.82, 2.24) is 4.98 Å². The van der Waals surface area contributed by atoms with E-state index in [1.165, 1.54) is 0 Å². The second-order valence-corrected chi connectivity index (χ2v) is 3.19. The SMILES string of the molecule is C=CCNc1ccc(NC(=O)CCN)nc1. The van der Waals surface area contributed by atoms with Gasteiger partial charge in [0, 0.05) is 19.5 Å². The first-order valence-corrected chi connectivity index (χ1v) is 5.07. The third-order valence-electron chi connectivity index (χ3n) is 1.85. The van der Waals surface area contributed by atoms with Gasteiger partial charge in [-0.25, -0.2) is 4.98 Å². The summed E-state index contributed by atoms with van der Waals surface area (Å²) >= 11 is 0. The number of nitrogens with two attached hydrogens (primary N) is 1. The van der Waals surface area contributed by atoms with E-state index < -0.39 is 0 Å². The van der Waals surface area contributed by atoms with Crippen LogP contribution in [-0.4, -0.2) is 24.0 Å². The molecule has 1 heterocycles. The number of pyridine rings is 1. The molecule has 0 atom stereocenters. The monoisotopic (exact) mass is 220 g/mol. The average molecular weight is 220 g/mol. The van der Waals surface area contributed by atoms with E-state index in [9.17, 15) is 4.79 Å². The van der Waals surface area contributed by atoms with Crippen molar-refractivity contribution in [3.63, 3.8) is 0 Å². The van der Waals surface area contributed by atoms with Crippen LogP contribution in [0.3, 0.4) is 0 Å². The zero-order valence-corrected chi connectivity index (χ0v) is 9.07. The molecule has 0 bridgehead atoms. The molecule has 0 saturated carbocycles. The summed E-state index contributed by atoms with van der Waals surface area (Å²) in [5.74, 6) is 0.407. The molecule has 0 unspecified atom stereocenters. The lowest BCUT2D eigenvalue weighted by Gasteiger charge is -2.05. The van der Waals surface area contributed by atoms with Gasteiger partial charge >= 0.3 is 0 Å². The molecule has 5 heteroatoms. The Morgan fingerprint density at radius 3 is 2.94 bits per heavy atom. The summed E-state index contributed by atoms with van der Waals surface area (Å²) in [7, 11) is 0. The lowest BCUT2D eigenvalue weighted by Crippen LogP contribution is -2.16. The molecule has 5 nitrogen and oxygen atoms in total. The van der Waals surface area contributed by atoms with E-state index in [1.807, 2.05) is 6.07 Å². The topological polar surface area (TPSA) is 80.0 Å². The molecule has 0 radical (unpaired) electrons. The summed E-state index contributed by atoms with van der Waals surface area (Å²) in [6.07, 6.45) is 3.72. The highest BCUT2D eigenvalue weighted by molar-refractivity contribution is 5.89. The minimum Gasteiger partial charge on any atom is -0.380 e. The van der Waals surface area contributed by atoms with Crippen molar-refractivity contribution in [2.75, 3.05) is 23.7 Å². The quantitative estimate of drug-likeness (QED) is 0.624. The molecule has 0 aliphatic carbocycles. The number of amides is 1. The molecule has 0 fully saturated rings. The van der Waals surface area contributed by atoms with E-state index in [0.29, 0.717) is 25.3 Å². The summed E-state index contributed by atoms with van der Waals surface area (Å²) in [6.45, 7) is 4.62. The Bertz CT molecular complexity index is 348. The first-order chi connectivity index (χ1) is 7.76. The number of hydrogen-bond acceptors (Lipinski definition) is 4. The highest BCUT2D eigenvalue weighted by Crippen LogP contribution is 2.09. The van der Waals surface area contributed by atoms with Crippen LogP contribution >= 0.6 is 0 Å². The number of nitrogens with zero attached hydrogens (tertiary/aromatic N) is 1. The molecule has 1 aromatic heterocycles. The molecule has 86 valence electrons. The van der Waals surface area contributed by atoms with Crippen LogP contribution in [0.5, 0.6) is 0 Å². The average Bonchev–Trinajstić information content (AvgIpc) is 2.28. The Hall–Kier alpha value is -1.88. The minimum atomic E-state index is -0.123. The summed E-state index contributed by atoms with van der Waals surface area (Å²) in [5, 5.41) is 5.73. The van der Waals surface area contributed by atoms with Gasteiger partial charge in [0.15, 0.2) is 0 Å². The van der Waals surface area contributed by atoms with Gasteiger partial charge in [-0.3, -0.25) is 4.79 Å². The number of rotatable bonds is 6. The predicted octanol–water partition coefficient (Wildman–Crippen LogP) is 0.967. The molecule has 0 spiro atoms. The standard InChI is InChI=1S/C11H16N4O/c1-2-7-13-9-3-4-10(14-8-9)15-11(16)5-6-12/h2-4,8,13H,1,5-7,12H2,(H,14,15,16). The third kappa shape index (κ3) is 4.10. The molecule has 0 aliphatic heterocycles. The number of hydrogen-bond donors (Lipinski definition) is 3. The van der Waals surface area contributed by atoms with Crippen LogP contribution in [0.15, 0.2) is 31.0 Å². The number of anilines is 2. The van der Waals surface area contributed by atoms with Crippen LogP contribution < -0.4 is 16.4 Å². The van der Waals surface area contributed by atoms with Crippen LogP contribution in [0.25, 0.3) is 0 Å². The van der Waals surface area contributed by atoms with Gasteiger partial charge < -0.3 is 16.4 Å². The van der Waals surface area contributed by atoms with Crippen molar-refractivity contribution < 1.29 is 4.79 Å². The first kappa shape index (κ1) is 12.2. The van der Waals surface area contributed by atoms with E-state index in [0.717, 1.165) is 5.69 Å². The number of aromatic nitrogens is 1. The molecule has 1 rings (SSSR count). The Balaban J connectivity index is 2.50. The number of carbonyl (C=O) groups excluding carboxylic acids is 1. The van der Waals surface area contributed by atoms with Crippen LogP contribution in [0, 0.1) is 0 Å². The normalized spacial score (nSPS) is 9.56. The third-order valence-corrected chi connectivity index (χ3v) is 1.85. The maximum Gasteiger partial charge on any atom is 0.226 e. The van der Waals surface area contributed by atoms with Crippen molar-refractivity contribution in [1.29, 1.82) is 0 Å². The lowest BCUT2D eigenvalue weighted by molar-refractivity contribution is -0.116. The van der Waals surface area contributed by atoms with Crippen molar-refractivity contribution in [2.24, 2.45) is 5.73 Å². The maximum absolute atomic E-state index is 11.2. The molecule has 16 heavy (non-hydrogen) atoms. The van der Waals surface area contributed by atoms with Gasteiger partial charge in [0.1, 0.15) is 5.82 Å². The van der Waals surface area contributed by atoms with Crippen molar-refractivity contribution in [2.45, 2.75) is 6.42 Å². The highest BCUT2D eigenvalue weighted by Gasteiger charge is 2.01. The van der Waals surface area contributed by atoms with E-state index >= 15 is 0 Å². The molecular weight excluding hydrogens is 204 g/mol. The van der Waals surface area contributed by atoms with Crippen LogP contribution in [-0.2, 0) is 4.79 Å². The van der Waals surface area contributed by atoms with Crippen LogP contribution in [0.4, 0.5) is 11.5 Å². The summed E-state index contributed by atoms with van der Waals surface area (Å²) in [6, 6.07) is 3.58. The predicted molar refractivity (Wildman–Crippen MR) is 65.2 cm³/mol. The number of nitrogens with one attached hydrogen (secondary N) is 2. The van der Waals surface area contributed by atoms with Crippen molar-refractivity contribution in [3.05, 3.63) is 31.0 Å². The largest absolute Gasteiger partial charge is 0.380 e. The van der Waals surface area contributed by atoms with Gasteiger partial charge in [0.25, 0.3) is 0 Å². The Morgan fingerprint density at radius 1 is 1.56 bits per heavy atom. The van der Waals surface area contributed by atoms with E-state index in [-0.39, 0.29) is 5.91 Å². The molecule has 0 saturated heterocycles. The number of carbonyl (C=O) groups is 1. The molecule has 1 amide bonds. The van der Waals surface area contributed by atoms with Gasteiger partial charge in [-0.2, -0.15) is 0 Å². The van der Waals surface area contributed by atoms with E-state index in [2.05, 4.69) is 22.2 Å². The van der Waals surface area contributed by atoms with E-state index in [4.69, 9.17) is 5.73 Å². The Kier molecular flexibility index (Phi) is 5.01. The van der Waals surface area contributed by atoms with Crippen molar-refractivity contribution >= 4 is 17.4 Å². The van der Waals surface area contributed by atoms with Gasteiger partial charge in [-0.15, -0.1) is 6.58 Å². The fourth-order valence-corrected chi connectivity index (χ4v) is 1.10.